The smallest absolute Gasteiger partial charge is 0.223 e. The lowest BCUT2D eigenvalue weighted by Crippen LogP contribution is -2.40. The van der Waals surface area contributed by atoms with Gasteiger partial charge in [0.05, 0.1) is 12.5 Å². The van der Waals surface area contributed by atoms with Crippen LogP contribution in [0.2, 0.25) is 0 Å². The van der Waals surface area contributed by atoms with Gasteiger partial charge >= 0.3 is 0 Å². The average Bonchev–Trinajstić information content (AvgIpc) is 2.29. The van der Waals surface area contributed by atoms with Crippen LogP contribution >= 0.6 is 0 Å². The summed E-state index contributed by atoms with van der Waals surface area (Å²) < 4.78 is 5.20. The van der Waals surface area contributed by atoms with Crippen LogP contribution in [0.5, 0.6) is 0 Å². The number of carbonyl (C=O) groups is 1. The molecule has 4 nitrogen and oxygen atoms in total. The normalized spacial score (nSPS) is 19.2. The van der Waals surface area contributed by atoms with Crippen LogP contribution in [-0.2, 0) is 9.53 Å². The molecule has 1 amide bonds. The molecule has 84 valence electrons. The molecular formula is C11H18N2O2. The summed E-state index contributed by atoms with van der Waals surface area (Å²) >= 11 is 0. The third-order valence-electron chi connectivity index (χ3n) is 2.77. The van der Waals surface area contributed by atoms with Crippen molar-refractivity contribution in [2.24, 2.45) is 5.92 Å². The topological polar surface area (TPSA) is 62.1 Å². The summed E-state index contributed by atoms with van der Waals surface area (Å²) in [5.41, 5.74) is 0. The molecule has 1 aliphatic rings. The number of hydrogen-bond donors (Lipinski definition) is 1. The second kappa shape index (κ2) is 6.41. The highest BCUT2D eigenvalue weighted by molar-refractivity contribution is 5.79. The first-order valence-electron chi connectivity index (χ1n) is 5.53. The SMILES string of the molecule is CCC(CC#N)NC(=O)C1CCOCC1. The van der Waals surface area contributed by atoms with Crippen molar-refractivity contribution < 1.29 is 9.53 Å². The van der Waals surface area contributed by atoms with Crippen LogP contribution in [0.3, 0.4) is 0 Å². The zero-order chi connectivity index (χ0) is 11.1. The largest absolute Gasteiger partial charge is 0.381 e. The Kier molecular flexibility index (Phi) is 5.13. The fourth-order valence-electron chi connectivity index (χ4n) is 1.69. The fourth-order valence-corrected chi connectivity index (χ4v) is 1.69. The molecule has 1 N–H and O–H groups in total. The second-order valence-electron chi connectivity index (χ2n) is 3.86. The van der Waals surface area contributed by atoms with Crippen LogP contribution in [0.1, 0.15) is 32.6 Å². The van der Waals surface area contributed by atoms with Crippen LogP contribution in [0.4, 0.5) is 0 Å². The zero-order valence-electron chi connectivity index (χ0n) is 9.16. The Bertz CT molecular complexity index is 241. The molecule has 1 fully saturated rings. The highest BCUT2D eigenvalue weighted by Gasteiger charge is 2.22. The van der Waals surface area contributed by atoms with Gasteiger partial charge in [-0.3, -0.25) is 4.79 Å². The molecule has 0 bridgehead atoms. The number of rotatable bonds is 4. The lowest BCUT2D eigenvalue weighted by Gasteiger charge is -2.23. The Morgan fingerprint density at radius 3 is 2.80 bits per heavy atom. The highest BCUT2D eigenvalue weighted by Crippen LogP contribution is 2.15. The Hall–Kier alpha value is -1.08. The van der Waals surface area contributed by atoms with Gasteiger partial charge in [-0.25, -0.2) is 0 Å². The first-order chi connectivity index (χ1) is 7.27. The molecule has 1 atom stereocenters. The summed E-state index contributed by atoms with van der Waals surface area (Å²) in [6.45, 7) is 3.33. The van der Waals surface area contributed by atoms with E-state index in [0.717, 1.165) is 19.3 Å². The van der Waals surface area contributed by atoms with Crippen molar-refractivity contribution in [3.8, 4) is 6.07 Å². The third-order valence-corrected chi connectivity index (χ3v) is 2.77. The van der Waals surface area contributed by atoms with Gasteiger partial charge in [0.15, 0.2) is 0 Å². The molecule has 0 saturated carbocycles. The molecule has 1 aliphatic heterocycles. The first kappa shape index (κ1) is 12.0. The number of nitrogens with zero attached hydrogens (tertiary/aromatic N) is 1. The maximum atomic E-state index is 11.8. The van der Waals surface area contributed by atoms with Gasteiger partial charge in [-0.05, 0) is 19.3 Å². The molecule has 1 heterocycles. The summed E-state index contributed by atoms with van der Waals surface area (Å²) in [4.78, 5) is 11.8. The quantitative estimate of drug-likeness (QED) is 0.759. The first-order valence-corrected chi connectivity index (χ1v) is 5.53. The third kappa shape index (κ3) is 3.88. The predicted molar refractivity (Wildman–Crippen MR) is 56.0 cm³/mol. The molecule has 1 saturated heterocycles. The second-order valence-corrected chi connectivity index (χ2v) is 3.86. The molecular weight excluding hydrogens is 192 g/mol. The Balaban J connectivity index is 2.35. The van der Waals surface area contributed by atoms with Gasteiger partial charge in [-0.15, -0.1) is 0 Å². The summed E-state index contributed by atoms with van der Waals surface area (Å²) in [5.74, 6) is 0.159. The minimum Gasteiger partial charge on any atom is -0.381 e. The molecule has 0 aliphatic carbocycles. The minimum atomic E-state index is 0.00495. The van der Waals surface area contributed by atoms with Crippen molar-refractivity contribution in [1.29, 1.82) is 5.26 Å². The monoisotopic (exact) mass is 210 g/mol. The maximum absolute atomic E-state index is 11.8. The van der Waals surface area contributed by atoms with Gasteiger partial charge in [0.2, 0.25) is 5.91 Å². The van der Waals surface area contributed by atoms with E-state index in [1.54, 1.807) is 0 Å². The van der Waals surface area contributed by atoms with E-state index in [0.29, 0.717) is 19.6 Å². The van der Waals surface area contributed by atoms with E-state index >= 15 is 0 Å². The Morgan fingerprint density at radius 1 is 1.60 bits per heavy atom. The van der Waals surface area contributed by atoms with Crippen molar-refractivity contribution in [1.82, 2.24) is 5.32 Å². The van der Waals surface area contributed by atoms with Crippen molar-refractivity contribution >= 4 is 5.91 Å². The summed E-state index contributed by atoms with van der Waals surface area (Å²) in [6.07, 6.45) is 2.80. The lowest BCUT2D eigenvalue weighted by atomic mass is 9.98. The van der Waals surface area contributed by atoms with Gasteiger partial charge in [0, 0.05) is 25.2 Å². The lowest BCUT2D eigenvalue weighted by molar-refractivity contribution is -0.128. The van der Waals surface area contributed by atoms with Crippen LogP contribution < -0.4 is 5.32 Å². The van der Waals surface area contributed by atoms with E-state index in [4.69, 9.17) is 10.00 Å². The molecule has 0 radical (unpaired) electrons. The molecule has 0 aromatic heterocycles. The molecule has 1 unspecified atom stereocenters. The number of ether oxygens (including phenoxy) is 1. The Morgan fingerprint density at radius 2 is 2.27 bits per heavy atom. The Labute approximate surface area is 90.6 Å². The maximum Gasteiger partial charge on any atom is 0.223 e. The van der Waals surface area contributed by atoms with Crippen molar-refractivity contribution in [2.45, 2.75) is 38.6 Å². The van der Waals surface area contributed by atoms with Gasteiger partial charge < -0.3 is 10.1 Å². The summed E-state index contributed by atoms with van der Waals surface area (Å²) in [6, 6.07) is 2.09. The molecule has 4 heteroatoms. The van der Waals surface area contributed by atoms with Crippen LogP contribution in [0, 0.1) is 17.2 Å². The summed E-state index contributed by atoms with van der Waals surface area (Å²) in [7, 11) is 0. The van der Waals surface area contributed by atoms with Crippen molar-refractivity contribution in [3.63, 3.8) is 0 Å². The number of nitriles is 1. The molecule has 0 spiro atoms. The number of amides is 1. The fraction of sp³-hybridized carbons (Fsp3) is 0.818. The van der Waals surface area contributed by atoms with Crippen LogP contribution in [0.25, 0.3) is 0 Å². The van der Waals surface area contributed by atoms with E-state index < -0.39 is 0 Å². The molecule has 1 rings (SSSR count). The predicted octanol–water partition coefficient (Wildman–Crippen LogP) is 1.22. The van der Waals surface area contributed by atoms with Gasteiger partial charge in [-0.1, -0.05) is 6.92 Å². The molecule has 0 aromatic carbocycles. The van der Waals surface area contributed by atoms with Crippen LogP contribution in [0.15, 0.2) is 0 Å². The van der Waals surface area contributed by atoms with E-state index in [2.05, 4.69) is 11.4 Å². The van der Waals surface area contributed by atoms with Crippen molar-refractivity contribution in [2.75, 3.05) is 13.2 Å². The van der Waals surface area contributed by atoms with Gasteiger partial charge in [-0.2, -0.15) is 5.26 Å². The number of carbonyl (C=O) groups excluding carboxylic acids is 1. The number of hydrogen-bond acceptors (Lipinski definition) is 3. The van der Waals surface area contributed by atoms with E-state index in [1.807, 2.05) is 6.92 Å². The molecule has 15 heavy (non-hydrogen) atoms. The highest BCUT2D eigenvalue weighted by atomic mass is 16.5. The average molecular weight is 210 g/mol. The number of nitrogens with one attached hydrogen (secondary N) is 1. The minimum absolute atomic E-state index is 0.00495. The standard InChI is InChI=1S/C11H18N2O2/c1-2-10(3-6-12)13-11(14)9-4-7-15-8-5-9/h9-10H,2-5,7-8H2,1H3,(H,13,14). The summed E-state index contributed by atoms with van der Waals surface area (Å²) in [5, 5.41) is 11.5. The van der Waals surface area contributed by atoms with E-state index in [-0.39, 0.29) is 17.9 Å². The van der Waals surface area contributed by atoms with E-state index in [1.165, 1.54) is 0 Å². The van der Waals surface area contributed by atoms with Gasteiger partial charge in [0.25, 0.3) is 0 Å². The van der Waals surface area contributed by atoms with Crippen LogP contribution in [-0.4, -0.2) is 25.2 Å². The van der Waals surface area contributed by atoms with Crippen molar-refractivity contribution in [3.05, 3.63) is 0 Å². The molecule has 0 aromatic rings. The van der Waals surface area contributed by atoms with E-state index in [9.17, 15) is 4.79 Å². The van der Waals surface area contributed by atoms with Gasteiger partial charge in [0.1, 0.15) is 0 Å². The zero-order valence-corrected chi connectivity index (χ0v) is 9.16.